The molecule has 3 nitrogen and oxygen atoms in total. The number of halogens is 1. The van der Waals surface area contributed by atoms with Gasteiger partial charge in [-0.25, -0.2) is 4.39 Å². The molecule has 2 heterocycles. The first kappa shape index (κ1) is 12.9. The standard InChI is InChI=1S/C15H14FN3S/c1-10-5-12(16)7-13(6-10)17-8-11-9-18-19-15(11)14-3-2-4-20-14/h2-7,9,17H,8H2,1H3,(H,18,19). The maximum absolute atomic E-state index is 13.3. The Hall–Kier alpha value is -2.14. The molecule has 0 amide bonds. The van der Waals surface area contributed by atoms with Crippen molar-refractivity contribution in [2.24, 2.45) is 0 Å². The highest BCUT2D eigenvalue weighted by Gasteiger charge is 2.08. The molecule has 3 rings (SSSR count). The van der Waals surface area contributed by atoms with Crippen LogP contribution < -0.4 is 5.32 Å². The second-order valence-electron chi connectivity index (χ2n) is 4.62. The molecule has 0 radical (unpaired) electrons. The first-order valence-electron chi connectivity index (χ1n) is 6.29. The second-order valence-corrected chi connectivity index (χ2v) is 5.57. The summed E-state index contributed by atoms with van der Waals surface area (Å²) in [5.74, 6) is -0.224. The average Bonchev–Trinajstić information content (AvgIpc) is 3.06. The summed E-state index contributed by atoms with van der Waals surface area (Å²) in [6, 6.07) is 8.99. The van der Waals surface area contributed by atoms with Gasteiger partial charge in [0.05, 0.1) is 16.8 Å². The Balaban J connectivity index is 1.78. The van der Waals surface area contributed by atoms with E-state index >= 15 is 0 Å². The third kappa shape index (κ3) is 2.72. The molecule has 0 aliphatic rings. The van der Waals surface area contributed by atoms with Crippen molar-refractivity contribution in [3.8, 4) is 10.6 Å². The summed E-state index contributed by atoms with van der Waals surface area (Å²) in [6.45, 7) is 2.48. The van der Waals surface area contributed by atoms with E-state index in [0.717, 1.165) is 27.4 Å². The number of anilines is 1. The van der Waals surface area contributed by atoms with Crippen molar-refractivity contribution in [2.75, 3.05) is 5.32 Å². The van der Waals surface area contributed by atoms with Crippen molar-refractivity contribution < 1.29 is 4.39 Å². The summed E-state index contributed by atoms with van der Waals surface area (Å²) < 4.78 is 13.3. The summed E-state index contributed by atoms with van der Waals surface area (Å²) in [5.41, 5.74) is 3.76. The Bertz CT molecular complexity index is 683. The van der Waals surface area contributed by atoms with E-state index < -0.39 is 0 Å². The van der Waals surface area contributed by atoms with Crippen molar-refractivity contribution in [2.45, 2.75) is 13.5 Å². The largest absolute Gasteiger partial charge is 0.381 e. The summed E-state index contributed by atoms with van der Waals surface area (Å²) in [5, 5.41) is 12.4. The number of aromatic amines is 1. The Morgan fingerprint density at radius 2 is 2.25 bits per heavy atom. The maximum atomic E-state index is 13.3. The molecule has 0 aliphatic heterocycles. The fourth-order valence-electron chi connectivity index (χ4n) is 2.11. The maximum Gasteiger partial charge on any atom is 0.125 e. The van der Waals surface area contributed by atoms with Gasteiger partial charge in [-0.1, -0.05) is 6.07 Å². The van der Waals surface area contributed by atoms with Crippen molar-refractivity contribution in [3.05, 3.63) is 58.9 Å². The number of aromatic nitrogens is 2. The lowest BCUT2D eigenvalue weighted by Crippen LogP contribution is -2.00. The van der Waals surface area contributed by atoms with Gasteiger partial charge in [0.2, 0.25) is 0 Å². The molecule has 102 valence electrons. The Morgan fingerprint density at radius 1 is 1.35 bits per heavy atom. The first-order valence-corrected chi connectivity index (χ1v) is 7.17. The number of H-pyrrole nitrogens is 1. The van der Waals surface area contributed by atoms with Gasteiger partial charge >= 0.3 is 0 Å². The normalized spacial score (nSPS) is 10.7. The van der Waals surface area contributed by atoms with Gasteiger partial charge in [-0.05, 0) is 42.1 Å². The number of nitrogens with one attached hydrogen (secondary N) is 2. The van der Waals surface area contributed by atoms with Crippen molar-refractivity contribution >= 4 is 17.0 Å². The minimum Gasteiger partial charge on any atom is -0.381 e. The van der Waals surface area contributed by atoms with E-state index in [1.54, 1.807) is 17.5 Å². The number of nitrogens with zero attached hydrogens (tertiary/aromatic N) is 1. The molecule has 3 aromatic rings. The molecular weight excluding hydrogens is 273 g/mol. The van der Waals surface area contributed by atoms with Crippen molar-refractivity contribution in [1.82, 2.24) is 10.2 Å². The molecule has 0 spiro atoms. The van der Waals surface area contributed by atoms with E-state index in [4.69, 9.17) is 0 Å². The fraction of sp³-hybridized carbons (Fsp3) is 0.133. The summed E-state index contributed by atoms with van der Waals surface area (Å²) in [7, 11) is 0. The third-order valence-corrected chi connectivity index (χ3v) is 3.90. The van der Waals surface area contributed by atoms with E-state index in [0.29, 0.717) is 6.54 Å². The van der Waals surface area contributed by atoms with Crippen LogP contribution >= 0.6 is 11.3 Å². The SMILES string of the molecule is Cc1cc(F)cc(NCc2cn[nH]c2-c2cccs2)c1. The van der Waals surface area contributed by atoms with Crippen LogP contribution in [0.3, 0.4) is 0 Å². The molecular formula is C15H14FN3S. The minimum atomic E-state index is -0.224. The van der Waals surface area contributed by atoms with Crippen molar-refractivity contribution in [3.63, 3.8) is 0 Å². The van der Waals surface area contributed by atoms with Crippen LogP contribution in [-0.4, -0.2) is 10.2 Å². The molecule has 0 aliphatic carbocycles. The van der Waals surface area contributed by atoms with E-state index in [1.807, 2.05) is 30.5 Å². The van der Waals surface area contributed by atoms with Crippen molar-refractivity contribution in [1.29, 1.82) is 0 Å². The molecule has 1 aromatic carbocycles. The van der Waals surface area contributed by atoms with Crippen LogP contribution in [0.4, 0.5) is 10.1 Å². The number of aryl methyl sites for hydroxylation is 1. The lowest BCUT2D eigenvalue weighted by atomic mass is 10.2. The monoisotopic (exact) mass is 287 g/mol. The van der Waals surface area contributed by atoms with Gasteiger partial charge < -0.3 is 5.32 Å². The highest BCUT2D eigenvalue weighted by atomic mass is 32.1. The lowest BCUT2D eigenvalue weighted by Gasteiger charge is -2.07. The van der Waals surface area contributed by atoms with Gasteiger partial charge in [-0.2, -0.15) is 5.10 Å². The number of thiophene rings is 1. The topological polar surface area (TPSA) is 40.7 Å². The van der Waals surface area contributed by atoms with Gasteiger partial charge in [0, 0.05) is 17.8 Å². The third-order valence-electron chi connectivity index (χ3n) is 3.01. The van der Waals surface area contributed by atoms with Gasteiger partial charge in [-0.3, -0.25) is 5.10 Å². The minimum absolute atomic E-state index is 0.224. The Morgan fingerprint density at radius 3 is 3.00 bits per heavy atom. The van der Waals surface area contributed by atoms with Gasteiger partial charge in [0.1, 0.15) is 5.82 Å². The Labute approximate surface area is 120 Å². The van der Waals surface area contributed by atoms with E-state index in [9.17, 15) is 4.39 Å². The average molecular weight is 287 g/mol. The van der Waals surface area contributed by atoms with E-state index in [2.05, 4.69) is 15.5 Å². The molecule has 0 saturated carbocycles. The molecule has 0 bridgehead atoms. The van der Waals surface area contributed by atoms with E-state index in [-0.39, 0.29) is 5.82 Å². The molecule has 5 heteroatoms. The summed E-state index contributed by atoms with van der Waals surface area (Å²) in [6.07, 6.45) is 1.80. The highest BCUT2D eigenvalue weighted by molar-refractivity contribution is 7.13. The smallest absolute Gasteiger partial charge is 0.125 e. The summed E-state index contributed by atoms with van der Waals surface area (Å²) >= 11 is 1.66. The highest BCUT2D eigenvalue weighted by Crippen LogP contribution is 2.26. The van der Waals surface area contributed by atoms with Crippen LogP contribution in [0.5, 0.6) is 0 Å². The zero-order valence-corrected chi connectivity index (χ0v) is 11.8. The van der Waals surface area contributed by atoms with Crippen LogP contribution in [0.1, 0.15) is 11.1 Å². The molecule has 2 aromatic heterocycles. The van der Waals surface area contributed by atoms with Crippen LogP contribution in [0, 0.1) is 12.7 Å². The number of hydrogen-bond acceptors (Lipinski definition) is 3. The Kier molecular flexibility index (Phi) is 3.52. The first-order chi connectivity index (χ1) is 9.72. The predicted octanol–water partition coefficient (Wildman–Crippen LogP) is 4.20. The zero-order valence-electron chi connectivity index (χ0n) is 11.0. The van der Waals surface area contributed by atoms with Crippen LogP contribution in [-0.2, 0) is 6.54 Å². The zero-order chi connectivity index (χ0) is 13.9. The van der Waals surface area contributed by atoms with Gasteiger partial charge in [-0.15, -0.1) is 11.3 Å². The molecule has 0 saturated heterocycles. The molecule has 2 N–H and O–H groups in total. The van der Waals surface area contributed by atoms with Crippen LogP contribution in [0.25, 0.3) is 10.6 Å². The van der Waals surface area contributed by atoms with Gasteiger partial charge in [0.25, 0.3) is 0 Å². The molecule has 0 atom stereocenters. The molecule has 20 heavy (non-hydrogen) atoms. The van der Waals surface area contributed by atoms with Crippen LogP contribution in [0.15, 0.2) is 41.9 Å². The molecule has 0 fully saturated rings. The van der Waals surface area contributed by atoms with E-state index in [1.165, 1.54) is 12.1 Å². The molecule has 0 unspecified atom stereocenters. The fourth-order valence-corrected chi connectivity index (χ4v) is 2.87. The number of rotatable bonds is 4. The number of benzene rings is 1. The van der Waals surface area contributed by atoms with Crippen LogP contribution in [0.2, 0.25) is 0 Å². The number of hydrogen-bond donors (Lipinski definition) is 2. The predicted molar refractivity (Wildman–Crippen MR) is 80.4 cm³/mol. The quantitative estimate of drug-likeness (QED) is 0.755. The second kappa shape index (κ2) is 5.46. The summed E-state index contributed by atoms with van der Waals surface area (Å²) in [4.78, 5) is 1.15. The lowest BCUT2D eigenvalue weighted by molar-refractivity contribution is 0.627. The van der Waals surface area contributed by atoms with Gasteiger partial charge in [0.15, 0.2) is 0 Å².